The lowest BCUT2D eigenvalue weighted by Crippen LogP contribution is -1.87. The van der Waals surface area contributed by atoms with Gasteiger partial charge in [0.15, 0.2) is 23.0 Å². The predicted octanol–water partition coefficient (Wildman–Crippen LogP) is 4.12. The Hall–Kier alpha value is -1.02. The van der Waals surface area contributed by atoms with Crippen molar-refractivity contribution in [1.82, 2.24) is 0 Å². The molecule has 1 aromatic rings. The SMILES string of the molecule is CC/C(=C(/C)C#N)c1cccc(OI)c1. The van der Waals surface area contributed by atoms with Gasteiger partial charge in [0.2, 0.25) is 0 Å². The molecule has 0 heterocycles. The number of hydrogen-bond donors (Lipinski definition) is 0. The average molecular weight is 313 g/mol. The highest BCUT2D eigenvalue weighted by Crippen LogP contribution is 2.25. The Morgan fingerprint density at radius 2 is 2.27 bits per heavy atom. The second-order valence-electron chi connectivity index (χ2n) is 3.17. The van der Waals surface area contributed by atoms with E-state index in [0.717, 1.165) is 28.9 Å². The van der Waals surface area contributed by atoms with E-state index in [1.807, 2.05) is 61.1 Å². The first-order chi connectivity index (χ1) is 7.22. The van der Waals surface area contributed by atoms with Crippen LogP contribution in [-0.4, -0.2) is 0 Å². The van der Waals surface area contributed by atoms with Crippen LogP contribution in [0.5, 0.6) is 5.75 Å². The second kappa shape index (κ2) is 5.76. The number of halogens is 1. The second-order valence-corrected chi connectivity index (χ2v) is 3.61. The number of hydrogen-bond acceptors (Lipinski definition) is 2. The molecule has 0 atom stereocenters. The van der Waals surface area contributed by atoms with Gasteiger partial charge >= 0.3 is 0 Å². The summed E-state index contributed by atoms with van der Waals surface area (Å²) in [6.07, 6.45) is 0.851. The van der Waals surface area contributed by atoms with E-state index in [1.165, 1.54) is 0 Å². The van der Waals surface area contributed by atoms with Crippen LogP contribution in [0.4, 0.5) is 0 Å². The lowest BCUT2D eigenvalue weighted by molar-refractivity contribution is 0.716. The molecule has 0 N–H and O–H groups in total. The largest absolute Gasteiger partial charge is 0.428 e. The Bertz CT molecular complexity index is 418. The summed E-state index contributed by atoms with van der Waals surface area (Å²) in [6, 6.07) is 9.97. The lowest BCUT2D eigenvalue weighted by atomic mass is 9.99. The van der Waals surface area contributed by atoms with Crippen molar-refractivity contribution in [2.45, 2.75) is 20.3 Å². The van der Waals surface area contributed by atoms with E-state index >= 15 is 0 Å². The molecule has 0 spiro atoms. The van der Waals surface area contributed by atoms with Crippen molar-refractivity contribution in [3.8, 4) is 11.8 Å². The van der Waals surface area contributed by atoms with Crippen LogP contribution >= 0.6 is 23.0 Å². The highest BCUT2D eigenvalue weighted by atomic mass is 127. The van der Waals surface area contributed by atoms with E-state index in [-0.39, 0.29) is 0 Å². The Balaban J connectivity index is 3.20. The van der Waals surface area contributed by atoms with Gasteiger partial charge in [0.1, 0.15) is 5.75 Å². The van der Waals surface area contributed by atoms with Gasteiger partial charge in [-0.15, -0.1) is 0 Å². The normalized spacial score (nSPS) is 11.6. The monoisotopic (exact) mass is 313 g/mol. The van der Waals surface area contributed by atoms with E-state index in [2.05, 4.69) is 6.07 Å². The van der Waals surface area contributed by atoms with Crippen molar-refractivity contribution >= 4 is 28.6 Å². The van der Waals surface area contributed by atoms with E-state index in [4.69, 9.17) is 8.33 Å². The molecule has 0 saturated heterocycles. The summed E-state index contributed by atoms with van der Waals surface area (Å²) in [5.74, 6) is 0.810. The quantitative estimate of drug-likeness (QED) is 0.621. The maximum absolute atomic E-state index is 8.88. The molecule has 0 radical (unpaired) electrons. The van der Waals surface area contributed by atoms with E-state index in [1.54, 1.807) is 0 Å². The molecule has 0 aliphatic heterocycles. The van der Waals surface area contributed by atoms with Crippen LogP contribution < -0.4 is 3.07 Å². The van der Waals surface area contributed by atoms with Crippen molar-refractivity contribution in [2.24, 2.45) is 0 Å². The molecule has 1 aromatic carbocycles. The summed E-state index contributed by atoms with van der Waals surface area (Å²) >= 11 is 1.85. The van der Waals surface area contributed by atoms with Crippen molar-refractivity contribution in [1.29, 1.82) is 5.26 Å². The molecule has 0 aliphatic rings. The Labute approximate surface area is 104 Å². The van der Waals surface area contributed by atoms with Crippen molar-refractivity contribution in [3.05, 3.63) is 35.4 Å². The first-order valence-corrected chi connectivity index (χ1v) is 5.59. The van der Waals surface area contributed by atoms with Gasteiger partial charge in [0.05, 0.1) is 6.07 Å². The highest BCUT2D eigenvalue weighted by molar-refractivity contribution is 14.1. The summed E-state index contributed by atoms with van der Waals surface area (Å²) < 4.78 is 5.13. The predicted molar refractivity (Wildman–Crippen MR) is 69.6 cm³/mol. The van der Waals surface area contributed by atoms with Gasteiger partial charge in [-0.3, -0.25) is 0 Å². The van der Waals surface area contributed by atoms with E-state index < -0.39 is 0 Å². The van der Waals surface area contributed by atoms with E-state index in [9.17, 15) is 0 Å². The van der Waals surface area contributed by atoms with Gasteiger partial charge in [-0.2, -0.15) is 5.26 Å². The minimum atomic E-state index is 0.767. The molecule has 78 valence electrons. The third-order valence-corrected chi connectivity index (χ3v) is 2.75. The fraction of sp³-hybridized carbons (Fsp3) is 0.250. The minimum Gasteiger partial charge on any atom is -0.428 e. The Morgan fingerprint density at radius 1 is 1.53 bits per heavy atom. The summed E-state index contributed by atoms with van der Waals surface area (Å²) in [7, 11) is 0. The molecule has 0 unspecified atom stereocenters. The number of nitriles is 1. The maximum Gasteiger partial charge on any atom is 0.192 e. The molecule has 0 amide bonds. The summed E-state index contributed by atoms with van der Waals surface area (Å²) in [4.78, 5) is 0. The highest BCUT2D eigenvalue weighted by Gasteiger charge is 2.04. The number of allylic oxidation sites excluding steroid dienone is 2. The topological polar surface area (TPSA) is 33.0 Å². The molecule has 15 heavy (non-hydrogen) atoms. The molecule has 0 saturated carbocycles. The molecular formula is C12H12INO. The number of rotatable bonds is 3. The molecule has 0 aliphatic carbocycles. The van der Waals surface area contributed by atoms with Gasteiger partial charge in [-0.05, 0) is 36.6 Å². The molecule has 3 heteroatoms. The van der Waals surface area contributed by atoms with Gasteiger partial charge < -0.3 is 3.07 Å². The van der Waals surface area contributed by atoms with Crippen LogP contribution in [-0.2, 0) is 0 Å². The van der Waals surface area contributed by atoms with Crippen LogP contribution in [0.2, 0.25) is 0 Å². The first kappa shape index (κ1) is 12.1. The number of benzene rings is 1. The fourth-order valence-electron chi connectivity index (χ4n) is 1.49. The standard InChI is InChI=1S/C12H12INO/c1-3-12(9(2)8-14)10-5-4-6-11(7-10)15-13/h4-7H,3H2,1-2H3/b12-9+. The van der Waals surface area contributed by atoms with Crippen LogP contribution in [0.1, 0.15) is 25.8 Å². The van der Waals surface area contributed by atoms with Gasteiger partial charge in [-0.25, -0.2) is 0 Å². The van der Waals surface area contributed by atoms with Crippen molar-refractivity contribution in [3.63, 3.8) is 0 Å². The fourth-order valence-corrected chi connectivity index (χ4v) is 1.76. The van der Waals surface area contributed by atoms with Crippen molar-refractivity contribution < 1.29 is 3.07 Å². The van der Waals surface area contributed by atoms with Gasteiger partial charge in [0, 0.05) is 5.57 Å². The van der Waals surface area contributed by atoms with Gasteiger partial charge in [-0.1, -0.05) is 19.1 Å². The Kier molecular flexibility index (Phi) is 4.63. The third kappa shape index (κ3) is 2.96. The van der Waals surface area contributed by atoms with Crippen LogP contribution in [0.3, 0.4) is 0 Å². The zero-order chi connectivity index (χ0) is 11.3. The van der Waals surface area contributed by atoms with Gasteiger partial charge in [0.25, 0.3) is 0 Å². The maximum atomic E-state index is 8.88. The van der Waals surface area contributed by atoms with Crippen LogP contribution in [0.15, 0.2) is 29.8 Å². The molecule has 0 bridgehead atoms. The van der Waals surface area contributed by atoms with Crippen LogP contribution in [0.25, 0.3) is 5.57 Å². The number of nitrogens with zero attached hydrogens (tertiary/aromatic N) is 1. The summed E-state index contributed by atoms with van der Waals surface area (Å²) in [5, 5.41) is 8.88. The first-order valence-electron chi connectivity index (χ1n) is 4.71. The lowest BCUT2D eigenvalue weighted by Gasteiger charge is -2.07. The third-order valence-electron chi connectivity index (χ3n) is 2.25. The zero-order valence-electron chi connectivity index (χ0n) is 8.75. The summed E-state index contributed by atoms with van der Waals surface area (Å²) in [6.45, 7) is 3.89. The average Bonchev–Trinajstić information content (AvgIpc) is 2.30. The van der Waals surface area contributed by atoms with Crippen LogP contribution in [0, 0.1) is 11.3 Å². The molecule has 0 fully saturated rings. The minimum absolute atomic E-state index is 0.767. The molecule has 0 aromatic heterocycles. The summed E-state index contributed by atoms with van der Waals surface area (Å²) in [5.41, 5.74) is 2.90. The molecule has 2 nitrogen and oxygen atoms in total. The zero-order valence-corrected chi connectivity index (χ0v) is 10.9. The van der Waals surface area contributed by atoms with Crippen molar-refractivity contribution in [2.75, 3.05) is 0 Å². The smallest absolute Gasteiger partial charge is 0.192 e. The molecule has 1 rings (SSSR count). The Morgan fingerprint density at radius 3 is 2.80 bits per heavy atom. The van der Waals surface area contributed by atoms with E-state index in [0.29, 0.717) is 0 Å². The molecular weight excluding hydrogens is 301 g/mol.